The first-order chi connectivity index (χ1) is 10.2. The predicted octanol–water partition coefficient (Wildman–Crippen LogP) is 1.39. The fourth-order valence-corrected chi connectivity index (χ4v) is 1.51. The van der Waals surface area contributed by atoms with Crippen molar-refractivity contribution >= 4 is 18.0 Å². The zero-order valence-corrected chi connectivity index (χ0v) is 11.8. The molecule has 0 spiro atoms. The van der Waals surface area contributed by atoms with Gasteiger partial charge in [0.1, 0.15) is 11.8 Å². The maximum Gasteiger partial charge on any atom is 0.352 e. The van der Waals surface area contributed by atoms with Crippen LogP contribution in [0, 0.1) is 11.3 Å². The highest BCUT2D eigenvalue weighted by molar-refractivity contribution is 5.94. The molecule has 21 heavy (non-hydrogen) atoms. The van der Waals surface area contributed by atoms with E-state index in [1.54, 1.807) is 37.3 Å². The number of methoxy groups -OCH3 is 1. The molecule has 0 saturated carbocycles. The van der Waals surface area contributed by atoms with Crippen molar-refractivity contribution < 1.29 is 14.3 Å². The van der Waals surface area contributed by atoms with E-state index in [9.17, 15) is 4.79 Å². The summed E-state index contributed by atoms with van der Waals surface area (Å²) in [6, 6.07) is 8.76. The zero-order chi connectivity index (χ0) is 15.7. The van der Waals surface area contributed by atoms with Gasteiger partial charge >= 0.3 is 5.97 Å². The van der Waals surface area contributed by atoms with Crippen LogP contribution < -0.4 is 15.8 Å². The molecule has 0 aliphatic carbocycles. The predicted molar refractivity (Wildman–Crippen MR) is 78.6 cm³/mol. The van der Waals surface area contributed by atoms with Crippen LogP contribution in [0.4, 0.5) is 5.69 Å². The highest BCUT2D eigenvalue weighted by Crippen LogP contribution is 2.25. The third-order valence-corrected chi connectivity index (χ3v) is 2.39. The number of nitrogens with zero attached hydrogens (tertiary/aromatic N) is 2. The van der Waals surface area contributed by atoms with Crippen LogP contribution in [0.5, 0.6) is 5.75 Å². The standard InChI is InChI=1S/C14H16N4O3/c1-3-21-14(19)10(8-15)13(17-9-16)18-11-6-4-5-7-12(11)20-2/h4-7,9,18H,3H2,1-2H3,(H2,16,17)/b13-10+. The summed E-state index contributed by atoms with van der Waals surface area (Å²) >= 11 is 0. The van der Waals surface area contributed by atoms with Crippen LogP contribution in [0.1, 0.15) is 6.92 Å². The highest BCUT2D eigenvalue weighted by atomic mass is 16.5. The maximum atomic E-state index is 11.7. The van der Waals surface area contributed by atoms with E-state index in [-0.39, 0.29) is 18.0 Å². The average Bonchev–Trinajstić information content (AvgIpc) is 2.49. The molecule has 1 aromatic carbocycles. The number of anilines is 1. The number of esters is 1. The van der Waals surface area contributed by atoms with Crippen molar-refractivity contribution in [3.8, 4) is 11.8 Å². The number of benzene rings is 1. The van der Waals surface area contributed by atoms with Gasteiger partial charge in [-0.05, 0) is 19.1 Å². The molecule has 7 nitrogen and oxygen atoms in total. The monoisotopic (exact) mass is 288 g/mol. The smallest absolute Gasteiger partial charge is 0.352 e. The second-order valence-corrected chi connectivity index (χ2v) is 3.66. The Labute approximate surface area is 122 Å². The molecule has 0 amide bonds. The van der Waals surface area contributed by atoms with E-state index in [0.29, 0.717) is 11.4 Å². The minimum absolute atomic E-state index is 0.0112. The average molecular weight is 288 g/mol. The van der Waals surface area contributed by atoms with Gasteiger partial charge in [0.25, 0.3) is 0 Å². The van der Waals surface area contributed by atoms with Crippen molar-refractivity contribution in [2.45, 2.75) is 6.92 Å². The third-order valence-electron chi connectivity index (χ3n) is 2.39. The Morgan fingerprint density at radius 3 is 2.81 bits per heavy atom. The normalized spacial score (nSPS) is 11.5. The summed E-state index contributed by atoms with van der Waals surface area (Å²) in [5.41, 5.74) is 5.53. The molecule has 1 rings (SSSR count). The van der Waals surface area contributed by atoms with Crippen LogP contribution in [0.3, 0.4) is 0 Å². The highest BCUT2D eigenvalue weighted by Gasteiger charge is 2.17. The number of ether oxygens (including phenoxy) is 2. The first-order valence-electron chi connectivity index (χ1n) is 6.13. The molecular formula is C14H16N4O3. The summed E-state index contributed by atoms with van der Waals surface area (Å²) in [5.74, 6) is -0.255. The van der Waals surface area contributed by atoms with Crippen molar-refractivity contribution in [1.82, 2.24) is 0 Å². The summed E-state index contributed by atoms with van der Waals surface area (Å²) in [5, 5.41) is 12.0. The molecule has 0 atom stereocenters. The van der Waals surface area contributed by atoms with Gasteiger partial charge in [0.05, 0.1) is 25.7 Å². The minimum atomic E-state index is -0.775. The fourth-order valence-electron chi connectivity index (χ4n) is 1.51. The first-order valence-corrected chi connectivity index (χ1v) is 6.13. The number of carbonyl (C=O) groups is 1. The Morgan fingerprint density at radius 1 is 1.52 bits per heavy atom. The van der Waals surface area contributed by atoms with Crippen molar-refractivity contribution in [1.29, 1.82) is 5.26 Å². The second kappa shape index (κ2) is 8.22. The Bertz CT molecular complexity index is 602. The van der Waals surface area contributed by atoms with Crippen LogP contribution in [-0.4, -0.2) is 26.0 Å². The molecule has 0 aliphatic rings. The van der Waals surface area contributed by atoms with E-state index >= 15 is 0 Å². The van der Waals surface area contributed by atoms with Gasteiger partial charge < -0.3 is 20.5 Å². The van der Waals surface area contributed by atoms with Crippen LogP contribution in [0.15, 0.2) is 40.7 Å². The van der Waals surface area contributed by atoms with Crippen molar-refractivity contribution in [3.63, 3.8) is 0 Å². The topological polar surface area (TPSA) is 110 Å². The molecule has 7 heteroatoms. The molecule has 0 aromatic heterocycles. The lowest BCUT2D eigenvalue weighted by Gasteiger charge is -2.12. The number of rotatable bonds is 6. The lowest BCUT2D eigenvalue weighted by molar-refractivity contribution is -0.138. The van der Waals surface area contributed by atoms with Gasteiger partial charge in [0.2, 0.25) is 0 Å². The van der Waals surface area contributed by atoms with E-state index in [2.05, 4.69) is 10.3 Å². The Morgan fingerprint density at radius 2 is 2.24 bits per heavy atom. The second-order valence-electron chi connectivity index (χ2n) is 3.66. The quantitative estimate of drug-likeness (QED) is 0.269. The summed E-state index contributed by atoms with van der Waals surface area (Å²) in [6.45, 7) is 1.80. The number of nitriles is 1. The lowest BCUT2D eigenvalue weighted by atomic mass is 10.2. The fraction of sp³-hybridized carbons (Fsp3) is 0.214. The molecule has 3 N–H and O–H groups in total. The summed E-state index contributed by atoms with van der Waals surface area (Å²) in [4.78, 5) is 15.6. The number of para-hydroxylation sites is 2. The molecule has 110 valence electrons. The van der Waals surface area contributed by atoms with Gasteiger partial charge in [-0.2, -0.15) is 5.26 Å². The Balaban J connectivity index is 3.23. The van der Waals surface area contributed by atoms with Crippen LogP contribution >= 0.6 is 0 Å². The van der Waals surface area contributed by atoms with Gasteiger partial charge in [-0.15, -0.1) is 0 Å². The molecule has 0 fully saturated rings. The number of hydrogen-bond donors (Lipinski definition) is 2. The van der Waals surface area contributed by atoms with E-state index in [1.165, 1.54) is 7.11 Å². The third kappa shape index (κ3) is 4.24. The van der Waals surface area contributed by atoms with Crippen LogP contribution in [0.25, 0.3) is 0 Å². The van der Waals surface area contributed by atoms with E-state index in [0.717, 1.165) is 6.34 Å². The molecule has 0 unspecified atom stereocenters. The van der Waals surface area contributed by atoms with E-state index in [4.69, 9.17) is 20.5 Å². The summed E-state index contributed by atoms with van der Waals surface area (Å²) in [6.07, 6.45) is 0.980. The number of nitrogens with two attached hydrogens (primary N) is 1. The summed E-state index contributed by atoms with van der Waals surface area (Å²) in [7, 11) is 1.51. The van der Waals surface area contributed by atoms with Gasteiger partial charge in [-0.1, -0.05) is 12.1 Å². The maximum absolute atomic E-state index is 11.7. The van der Waals surface area contributed by atoms with Crippen LogP contribution in [0.2, 0.25) is 0 Å². The molecule has 1 aromatic rings. The lowest BCUT2D eigenvalue weighted by Crippen LogP contribution is -2.13. The number of nitrogens with one attached hydrogen (secondary N) is 1. The molecule has 0 aliphatic heterocycles. The SMILES string of the molecule is CCOC(=O)/C(C#N)=C(\N=C\N)Nc1ccccc1OC. The molecule has 0 bridgehead atoms. The van der Waals surface area contributed by atoms with Crippen molar-refractivity contribution in [2.75, 3.05) is 19.0 Å². The molecular weight excluding hydrogens is 272 g/mol. The van der Waals surface area contributed by atoms with Gasteiger partial charge in [0, 0.05) is 0 Å². The van der Waals surface area contributed by atoms with Crippen molar-refractivity contribution in [2.24, 2.45) is 10.7 Å². The Hall–Kier alpha value is -3.01. The van der Waals surface area contributed by atoms with Gasteiger partial charge in [-0.3, -0.25) is 0 Å². The zero-order valence-electron chi connectivity index (χ0n) is 11.8. The number of hydrogen-bond acceptors (Lipinski definition) is 6. The molecule has 0 saturated heterocycles. The molecule has 0 radical (unpaired) electrons. The Kier molecular flexibility index (Phi) is 6.28. The van der Waals surface area contributed by atoms with E-state index in [1.807, 2.05) is 0 Å². The first kappa shape index (κ1) is 16.0. The number of carbonyl (C=O) groups excluding carboxylic acids is 1. The van der Waals surface area contributed by atoms with Crippen LogP contribution in [-0.2, 0) is 9.53 Å². The number of aliphatic imine (C=N–C) groups is 1. The largest absolute Gasteiger partial charge is 0.495 e. The van der Waals surface area contributed by atoms with Crippen molar-refractivity contribution in [3.05, 3.63) is 35.7 Å². The summed E-state index contributed by atoms with van der Waals surface area (Å²) < 4.78 is 9.99. The van der Waals surface area contributed by atoms with Gasteiger partial charge in [-0.25, -0.2) is 9.79 Å². The minimum Gasteiger partial charge on any atom is -0.495 e. The van der Waals surface area contributed by atoms with E-state index < -0.39 is 5.97 Å². The molecule has 0 heterocycles. The van der Waals surface area contributed by atoms with Gasteiger partial charge in [0.15, 0.2) is 11.4 Å².